The van der Waals surface area contributed by atoms with E-state index in [-0.39, 0.29) is 46.3 Å². The fourth-order valence-corrected chi connectivity index (χ4v) is 5.29. The lowest BCUT2D eigenvalue weighted by molar-refractivity contribution is -0.0123. The second kappa shape index (κ2) is 14.5. The summed E-state index contributed by atoms with van der Waals surface area (Å²) in [5.41, 5.74) is 0.770. The molecule has 2 atom stereocenters. The van der Waals surface area contributed by atoms with Gasteiger partial charge in [-0.2, -0.15) is 0 Å². The highest BCUT2D eigenvalue weighted by Gasteiger charge is 2.34. The summed E-state index contributed by atoms with van der Waals surface area (Å²) in [6.45, 7) is 4.63. The number of hydrogen-bond acceptors (Lipinski definition) is 10. The van der Waals surface area contributed by atoms with Gasteiger partial charge in [0.25, 0.3) is 0 Å². The number of rotatable bonds is 14. The molecule has 0 saturated carbocycles. The maximum Gasteiger partial charge on any atom is 0.239 e. The van der Waals surface area contributed by atoms with E-state index in [4.69, 9.17) is 28.1 Å². The molecule has 240 valence electrons. The molecule has 0 aliphatic carbocycles. The number of benzene rings is 3. The third kappa shape index (κ3) is 6.91. The van der Waals surface area contributed by atoms with Crippen LogP contribution in [0.3, 0.4) is 0 Å². The summed E-state index contributed by atoms with van der Waals surface area (Å²) in [4.78, 5) is 13.8. The number of aromatic hydroxyl groups is 2. The zero-order valence-corrected chi connectivity index (χ0v) is 25.8. The Kier molecular flexibility index (Phi) is 10.2. The summed E-state index contributed by atoms with van der Waals surface area (Å²) in [6, 6.07) is 12.9. The fraction of sp³-hybridized carbons (Fsp3) is 0.400. The maximum absolute atomic E-state index is 13.8. The van der Waals surface area contributed by atoms with Crippen LogP contribution >= 0.6 is 0 Å². The molecule has 10 heteroatoms. The van der Waals surface area contributed by atoms with Crippen LogP contribution in [0.15, 0.2) is 57.7 Å². The Morgan fingerprint density at radius 2 is 1.58 bits per heavy atom. The molecule has 1 aromatic heterocycles. The van der Waals surface area contributed by atoms with Gasteiger partial charge in [-0.15, -0.1) is 0 Å². The van der Waals surface area contributed by atoms with E-state index in [1.54, 1.807) is 36.4 Å². The van der Waals surface area contributed by atoms with Crippen molar-refractivity contribution in [3.05, 3.63) is 64.3 Å². The average molecular weight is 621 g/mol. The van der Waals surface area contributed by atoms with Gasteiger partial charge in [0.15, 0.2) is 41.0 Å². The van der Waals surface area contributed by atoms with E-state index >= 15 is 0 Å². The summed E-state index contributed by atoms with van der Waals surface area (Å²) >= 11 is 0. The molecule has 0 bridgehead atoms. The van der Waals surface area contributed by atoms with Crippen LogP contribution < -0.4 is 29.1 Å². The van der Waals surface area contributed by atoms with Crippen molar-refractivity contribution < 1.29 is 43.4 Å². The van der Waals surface area contributed by atoms with Crippen LogP contribution in [0.2, 0.25) is 0 Å². The number of aliphatic hydroxyl groups excluding tert-OH is 1. The van der Waals surface area contributed by atoms with E-state index < -0.39 is 17.6 Å². The normalized spacial score (nSPS) is 15.6. The highest BCUT2D eigenvalue weighted by molar-refractivity contribution is 5.88. The summed E-state index contributed by atoms with van der Waals surface area (Å²) in [6.07, 6.45) is 4.12. The minimum absolute atomic E-state index is 0.00909. The molecular formula is C35H40O10. The Labute approximate surface area is 261 Å². The fourth-order valence-electron chi connectivity index (χ4n) is 5.29. The van der Waals surface area contributed by atoms with E-state index in [9.17, 15) is 20.1 Å². The number of phenols is 2. The van der Waals surface area contributed by atoms with Gasteiger partial charge in [0.1, 0.15) is 22.5 Å². The van der Waals surface area contributed by atoms with Gasteiger partial charge in [-0.3, -0.25) is 4.79 Å². The minimum Gasteiger partial charge on any atom is -0.507 e. The molecule has 5 rings (SSSR count). The van der Waals surface area contributed by atoms with E-state index in [1.807, 2.05) is 0 Å². The molecule has 0 fully saturated rings. The third-order valence-corrected chi connectivity index (χ3v) is 7.71. The van der Waals surface area contributed by atoms with Gasteiger partial charge in [-0.05, 0) is 43.2 Å². The first-order valence-electron chi connectivity index (χ1n) is 15.4. The van der Waals surface area contributed by atoms with Crippen molar-refractivity contribution in [1.29, 1.82) is 0 Å². The number of hydrogen-bond donors (Lipinski definition) is 3. The topological polar surface area (TPSA) is 137 Å². The standard InChI is InChI=1S/C35H40O10/c1-4-6-8-14-41-23-18-25(38)31-29(19-23)45-34(35(32(31)39)42-15-9-7-5-2)22-11-13-26-28(17-22)44-33(30(20-36)43-26)21-10-12-24(37)27(16-21)40-3/h10-13,16-19,30,33,36-38H,4-9,14-15,20H2,1-3H3. The zero-order valence-electron chi connectivity index (χ0n) is 25.8. The molecule has 3 aromatic carbocycles. The van der Waals surface area contributed by atoms with Gasteiger partial charge >= 0.3 is 0 Å². The van der Waals surface area contributed by atoms with Crippen molar-refractivity contribution in [2.75, 3.05) is 26.9 Å². The highest BCUT2D eigenvalue weighted by atomic mass is 16.6. The van der Waals surface area contributed by atoms with Gasteiger partial charge in [-0.1, -0.05) is 45.6 Å². The number of unbranched alkanes of at least 4 members (excludes halogenated alkanes) is 4. The smallest absolute Gasteiger partial charge is 0.239 e. The molecule has 0 saturated heterocycles. The lowest BCUT2D eigenvalue weighted by atomic mass is 10.0. The van der Waals surface area contributed by atoms with E-state index in [2.05, 4.69) is 13.8 Å². The first-order chi connectivity index (χ1) is 21.9. The average Bonchev–Trinajstić information content (AvgIpc) is 3.05. The van der Waals surface area contributed by atoms with Gasteiger partial charge in [0.2, 0.25) is 11.2 Å². The Bertz CT molecular complexity index is 1680. The number of methoxy groups -OCH3 is 1. The molecule has 10 nitrogen and oxygen atoms in total. The quantitative estimate of drug-likeness (QED) is 0.128. The number of fused-ring (bicyclic) bond motifs is 2. The van der Waals surface area contributed by atoms with Crippen molar-refractivity contribution in [3.63, 3.8) is 0 Å². The predicted molar refractivity (Wildman–Crippen MR) is 169 cm³/mol. The predicted octanol–water partition coefficient (Wildman–Crippen LogP) is 6.89. The summed E-state index contributed by atoms with van der Waals surface area (Å²) in [5, 5.41) is 31.0. The molecule has 1 aliphatic rings. The molecule has 4 aromatic rings. The number of phenolic OH excluding ortho intramolecular Hbond substituents is 2. The van der Waals surface area contributed by atoms with E-state index in [1.165, 1.54) is 19.2 Å². The summed E-state index contributed by atoms with van der Waals surface area (Å²) < 4.78 is 35.9. The van der Waals surface area contributed by atoms with Crippen molar-refractivity contribution in [1.82, 2.24) is 0 Å². The molecule has 2 heterocycles. The third-order valence-electron chi connectivity index (χ3n) is 7.71. The molecule has 0 radical (unpaired) electrons. The molecule has 2 unspecified atom stereocenters. The molecule has 0 amide bonds. The summed E-state index contributed by atoms with van der Waals surface area (Å²) in [7, 11) is 1.45. The molecular weight excluding hydrogens is 580 g/mol. The van der Waals surface area contributed by atoms with Gasteiger partial charge < -0.3 is 43.4 Å². The lowest BCUT2D eigenvalue weighted by Gasteiger charge is -2.33. The second-order valence-corrected chi connectivity index (χ2v) is 11.0. The van der Waals surface area contributed by atoms with Gasteiger partial charge in [-0.25, -0.2) is 0 Å². The maximum atomic E-state index is 13.8. The second-order valence-electron chi connectivity index (χ2n) is 11.0. The Morgan fingerprint density at radius 3 is 2.29 bits per heavy atom. The number of aliphatic hydroxyl groups is 1. The first kappa shape index (κ1) is 31.8. The van der Waals surface area contributed by atoms with Crippen LogP contribution in [0.4, 0.5) is 0 Å². The zero-order chi connectivity index (χ0) is 31.9. The monoisotopic (exact) mass is 620 g/mol. The van der Waals surface area contributed by atoms with Gasteiger partial charge in [0, 0.05) is 23.3 Å². The molecule has 45 heavy (non-hydrogen) atoms. The van der Waals surface area contributed by atoms with Crippen LogP contribution in [-0.4, -0.2) is 48.4 Å². The summed E-state index contributed by atoms with van der Waals surface area (Å²) in [5.74, 6) is 1.28. The minimum atomic E-state index is -0.731. The Hall–Kier alpha value is -4.57. The molecule has 3 N–H and O–H groups in total. The lowest BCUT2D eigenvalue weighted by Crippen LogP contribution is -2.36. The van der Waals surface area contributed by atoms with Crippen molar-refractivity contribution >= 4 is 11.0 Å². The number of ether oxygens (including phenoxy) is 5. The van der Waals surface area contributed by atoms with Gasteiger partial charge in [0.05, 0.1) is 26.9 Å². The van der Waals surface area contributed by atoms with Crippen LogP contribution in [-0.2, 0) is 0 Å². The van der Waals surface area contributed by atoms with E-state index in [0.717, 1.165) is 38.5 Å². The Balaban J connectivity index is 1.56. The van der Waals surface area contributed by atoms with Crippen LogP contribution in [0.25, 0.3) is 22.3 Å². The van der Waals surface area contributed by atoms with Crippen molar-refractivity contribution in [2.45, 2.75) is 64.6 Å². The van der Waals surface area contributed by atoms with Crippen molar-refractivity contribution in [2.24, 2.45) is 0 Å². The molecule has 0 spiro atoms. The Morgan fingerprint density at radius 1 is 0.822 bits per heavy atom. The van der Waals surface area contributed by atoms with Crippen LogP contribution in [0.1, 0.15) is 64.0 Å². The van der Waals surface area contributed by atoms with E-state index in [0.29, 0.717) is 41.6 Å². The van der Waals surface area contributed by atoms with Crippen molar-refractivity contribution in [3.8, 4) is 51.6 Å². The molecule has 1 aliphatic heterocycles. The van der Waals surface area contributed by atoms with Crippen LogP contribution in [0.5, 0.6) is 40.2 Å². The van der Waals surface area contributed by atoms with Crippen LogP contribution in [0, 0.1) is 0 Å². The highest BCUT2D eigenvalue weighted by Crippen LogP contribution is 2.44. The largest absolute Gasteiger partial charge is 0.507 e. The SMILES string of the molecule is CCCCCOc1cc(O)c2c(=O)c(OCCCCC)c(-c3ccc4c(c3)OC(c3ccc(O)c(OC)c3)C(CO)O4)oc2c1. The first-order valence-corrected chi connectivity index (χ1v) is 15.4.